The Morgan fingerprint density at radius 1 is 0.407 bits per heavy atom. The van der Waals surface area contributed by atoms with Gasteiger partial charge in [0.05, 0.1) is 6.61 Å². The topological polar surface area (TPSA) is 61.8 Å². The van der Waals surface area contributed by atoms with E-state index in [1.807, 2.05) is 0 Å². The molecule has 0 saturated carbocycles. The molecule has 5 nitrogen and oxygen atoms in total. The normalized spacial score (nSPS) is 12.4. The summed E-state index contributed by atoms with van der Waals surface area (Å²) >= 11 is 0. The van der Waals surface area contributed by atoms with Gasteiger partial charge in [-0.25, -0.2) is 0 Å². The van der Waals surface area contributed by atoms with Crippen molar-refractivity contribution in [2.24, 2.45) is 0 Å². The third-order valence-corrected chi connectivity index (χ3v) is 10.1. The molecular formula is C49H90O5. The molecule has 0 N–H and O–H groups in total. The third kappa shape index (κ3) is 42.9. The molecule has 0 aliphatic carbocycles. The van der Waals surface area contributed by atoms with Crippen LogP contribution in [0.1, 0.15) is 239 Å². The highest BCUT2D eigenvalue weighted by molar-refractivity contribution is 5.70. The van der Waals surface area contributed by atoms with Crippen molar-refractivity contribution >= 4 is 11.9 Å². The predicted molar refractivity (Wildman–Crippen MR) is 233 cm³/mol. The molecular weight excluding hydrogens is 669 g/mol. The molecule has 0 amide bonds. The molecule has 0 aromatic heterocycles. The lowest BCUT2D eigenvalue weighted by atomic mass is 10.1. The van der Waals surface area contributed by atoms with E-state index < -0.39 is 6.10 Å². The zero-order chi connectivity index (χ0) is 39.3. The van der Waals surface area contributed by atoms with Crippen LogP contribution in [0.2, 0.25) is 0 Å². The van der Waals surface area contributed by atoms with E-state index in [2.05, 4.69) is 57.2 Å². The average Bonchev–Trinajstić information content (AvgIpc) is 3.17. The van der Waals surface area contributed by atoms with Gasteiger partial charge >= 0.3 is 11.9 Å². The summed E-state index contributed by atoms with van der Waals surface area (Å²) in [4.78, 5) is 25.2. The van der Waals surface area contributed by atoms with E-state index in [-0.39, 0.29) is 25.2 Å². The molecule has 1 unspecified atom stereocenters. The van der Waals surface area contributed by atoms with E-state index in [0.717, 1.165) is 57.8 Å². The second kappa shape index (κ2) is 45.5. The fraction of sp³-hybridized carbons (Fsp3) is 0.837. The minimum absolute atomic E-state index is 0.0791. The fourth-order valence-electron chi connectivity index (χ4n) is 6.60. The summed E-state index contributed by atoms with van der Waals surface area (Å²) in [5, 5.41) is 0. The number of carbonyl (C=O) groups is 2. The highest BCUT2D eigenvalue weighted by Crippen LogP contribution is 2.14. The van der Waals surface area contributed by atoms with E-state index >= 15 is 0 Å². The van der Waals surface area contributed by atoms with Crippen molar-refractivity contribution in [1.82, 2.24) is 0 Å². The maximum absolute atomic E-state index is 12.7. The van der Waals surface area contributed by atoms with Crippen LogP contribution < -0.4 is 0 Å². The third-order valence-electron chi connectivity index (χ3n) is 10.1. The van der Waals surface area contributed by atoms with Crippen LogP contribution in [0, 0.1) is 0 Å². The summed E-state index contributed by atoms with van der Waals surface area (Å²) < 4.78 is 17.3. The molecule has 316 valence electrons. The minimum atomic E-state index is -0.538. The summed E-state index contributed by atoms with van der Waals surface area (Å²) in [5.74, 6) is -0.412. The standard InChI is InChI=1S/C49H90O5/c1-4-7-10-13-16-19-21-23-24-25-27-29-32-35-38-41-44-52-45-47(54-49(51)43-40-37-34-30-18-15-12-9-6-3)46-53-48(50)42-39-36-33-31-28-26-22-20-17-14-11-8-5-2/h11,14,20,22-24,47H,4-10,12-13,15-19,21,25-46H2,1-3H3/b14-11-,22-20-,24-23-. The lowest BCUT2D eigenvalue weighted by Crippen LogP contribution is -2.30. The Morgan fingerprint density at radius 3 is 1.31 bits per heavy atom. The number of hydrogen-bond donors (Lipinski definition) is 0. The van der Waals surface area contributed by atoms with Gasteiger partial charge in [-0.3, -0.25) is 9.59 Å². The van der Waals surface area contributed by atoms with Crippen molar-refractivity contribution in [2.75, 3.05) is 19.8 Å². The van der Waals surface area contributed by atoms with Gasteiger partial charge < -0.3 is 14.2 Å². The Kier molecular flexibility index (Phi) is 43.9. The molecule has 0 aromatic carbocycles. The Balaban J connectivity index is 4.21. The molecule has 5 heteroatoms. The van der Waals surface area contributed by atoms with Crippen molar-refractivity contribution in [3.8, 4) is 0 Å². The number of unbranched alkanes of at least 4 members (excludes halogenated alkanes) is 26. The van der Waals surface area contributed by atoms with Crippen LogP contribution in [-0.4, -0.2) is 37.9 Å². The smallest absolute Gasteiger partial charge is 0.306 e. The monoisotopic (exact) mass is 759 g/mol. The summed E-state index contributed by atoms with van der Waals surface area (Å²) in [6.07, 6.45) is 52.9. The Hall–Kier alpha value is -1.88. The summed E-state index contributed by atoms with van der Waals surface area (Å²) in [6, 6.07) is 0. The number of rotatable bonds is 43. The molecule has 1 atom stereocenters. The van der Waals surface area contributed by atoms with Gasteiger partial charge in [0.15, 0.2) is 6.10 Å². The first-order valence-electron chi connectivity index (χ1n) is 23.5. The van der Waals surface area contributed by atoms with Gasteiger partial charge in [-0.15, -0.1) is 0 Å². The fourth-order valence-corrected chi connectivity index (χ4v) is 6.60. The SMILES string of the molecule is CCC/C=C\C/C=C\CCCCCCCC(=O)OCC(COCCCCCCCC/C=C\CCCCCCCC)OC(=O)CCCCCCCCCCC. The summed E-state index contributed by atoms with van der Waals surface area (Å²) in [5.41, 5.74) is 0. The van der Waals surface area contributed by atoms with Crippen LogP contribution in [-0.2, 0) is 23.8 Å². The van der Waals surface area contributed by atoms with E-state index in [1.54, 1.807) is 0 Å². The average molecular weight is 759 g/mol. The Morgan fingerprint density at radius 2 is 0.815 bits per heavy atom. The molecule has 0 rings (SSSR count). The van der Waals surface area contributed by atoms with Crippen molar-refractivity contribution in [3.05, 3.63) is 36.5 Å². The van der Waals surface area contributed by atoms with Gasteiger partial charge in [-0.2, -0.15) is 0 Å². The second-order valence-corrected chi connectivity index (χ2v) is 15.7. The van der Waals surface area contributed by atoms with Gasteiger partial charge in [-0.1, -0.05) is 192 Å². The number of esters is 2. The van der Waals surface area contributed by atoms with Gasteiger partial charge in [0.25, 0.3) is 0 Å². The largest absolute Gasteiger partial charge is 0.462 e. The molecule has 0 aromatic rings. The van der Waals surface area contributed by atoms with Crippen LogP contribution in [0.25, 0.3) is 0 Å². The van der Waals surface area contributed by atoms with Crippen LogP contribution in [0.5, 0.6) is 0 Å². The van der Waals surface area contributed by atoms with Crippen LogP contribution in [0.15, 0.2) is 36.5 Å². The highest BCUT2D eigenvalue weighted by Gasteiger charge is 2.17. The maximum Gasteiger partial charge on any atom is 0.306 e. The lowest BCUT2D eigenvalue weighted by molar-refractivity contribution is -0.163. The molecule has 0 fully saturated rings. The molecule has 0 heterocycles. The van der Waals surface area contributed by atoms with Gasteiger partial charge in [0.1, 0.15) is 6.61 Å². The van der Waals surface area contributed by atoms with Crippen molar-refractivity contribution in [3.63, 3.8) is 0 Å². The molecule has 0 bridgehead atoms. The Bertz CT molecular complexity index is 862. The first-order chi connectivity index (χ1) is 26.6. The van der Waals surface area contributed by atoms with Gasteiger partial charge in [-0.05, 0) is 70.6 Å². The van der Waals surface area contributed by atoms with Crippen molar-refractivity contribution < 1.29 is 23.8 Å². The Labute approximate surface area is 336 Å². The minimum Gasteiger partial charge on any atom is -0.462 e. The molecule has 0 radical (unpaired) electrons. The van der Waals surface area contributed by atoms with Gasteiger partial charge in [0.2, 0.25) is 0 Å². The highest BCUT2D eigenvalue weighted by atomic mass is 16.6. The first kappa shape index (κ1) is 52.1. The van der Waals surface area contributed by atoms with Crippen LogP contribution >= 0.6 is 0 Å². The molecule has 0 spiro atoms. The second-order valence-electron chi connectivity index (χ2n) is 15.7. The number of allylic oxidation sites excluding steroid dienone is 6. The predicted octanol–water partition coefficient (Wildman–Crippen LogP) is 15.4. The molecule has 0 saturated heterocycles. The lowest BCUT2D eigenvalue weighted by Gasteiger charge is -2.18. The number of carbonyl (C=O) groups excluding carboxylic acids is 2. The van der Waals surface area contributed by atoms with E-state index in [9.17, 15) is 9.59 Å². The number of ether oxygens (including phenoxy) is 3. The zero-order valence-electron chi connectivity index (χ0n) is 36.2. The van der Waals surface area contributed by atoms with Gasteiger partial charge in [0, 0.05) is 19.4 Å². The van der Waals surface area contributed by atoms with E-state index in [4.69, 9.17) is 14.2 Å². The summed E-state index contributed by atoms with van der Waals surface area (Å²) in [7, 11) is 0. The van der Waals surface area contributed by atoms with E-state index in [1.165, 1.54) is 148 Å². The van der Waals surface area contributed by atoms with Crippen molar-refractivity contribution in [2.45, 2.75) is 245 Å². The first-order valence-corrected chi connectivity index (χ1v) is 23.5. The van der Waals surface area contributed by atoms with Crippen LogP contribution in [0.4, 0.5) is 0 Å². The summed E-state index contributed by atoms with van der Waals surface area (Å²) in [6.45, 7) is 7.74. The zero-order valence-corrected chi connectivity index (χ0v) is 36.2. The van der Waals surface area contributed by atoms with E-state index in [0.29, 0.717) is 19.4 Å². The molecule has 0 aliphatic heterocycles. The number of hydrogen-bond acceptors (Lipinski definition) is 5. The molecule has 0 aliphatic rings. The quantitative estimate of drug-likeness (QED) is 0.0352. The van der Waals surface area contributed by atoms with Crippen molar-refractivity contribution in [1.29, 1.82) is 0 Å². The van der Waals surface area contributed by atoms with Crippen LogP contribution in [0.3, 0.4) is 0 Å². The maximum atomic E-state index is 12.7. The molecule has 54 heavy (non-hydrogen) atoms.